The van der Waals surface area contributed by atoms with Crippen LogP contribution in [-0.4, -0.2) is 12.0 Å². The van der Waals surface area contributed by atoms with Crippen molar-refractivity contribution in [1.82, 2.24) is 0 Å². The monoisotopic (exact) mass is 333 g/mol. The summed E-state index contributed by atoms with van der Waals surface area (Å²) in [5.41, 5.74) is 1.96. The largest absolute Gasteiger partial charge is 0.481 e. The molecule has 0 aliphatic carbocycles. The zero-order valence-electron chi connectivity index (χ0n) is 14.8. The van der Waals surface area contributed by atoms with Crippen LogP contribution in [0.4, 0.5) is 5.69 Å². The lowest BCUT2D eigenvalue weighted by molar-refractivity contribution is -0.122. The molecule has 0 aliphatic heterocycles. The van der Waals surface area contributed by atoms with E-state index in [2.05, 4.69) is 25.2 Å². The number of fused-ring (bicyclic) bond motifs is 1. The summed E-state index contributed by atoms with van der Waals surface area (Å²) in [5.74, 6) is 0.882. The standard InChI is InChI=1S/C22H23NO2/c1-15(2)20-10-6-7-11-21(20)23-22(24)16(3)25-19-13-12-17-8-4-5-9-18(17)14-19/h4-16H,1-3H3,(H,23,24). The zero-order chi connectivity index (χ0) is 17.8. The average Bonchev–Trinajstić information content (AvgIpc) is 2.61. The van der Waals surface area contributed by atoms with Gasteiger partial charge in [0.25, 0.3) is 5.91 Å². The number of hydrogen-bond donors (Lipinski definition) is 1. The molecule has 3 nitrogen and oxygen atoms in total. The van der Waals surface area contributed by atoms with Crippen LogP contribution >= 0.6 is 0 Å². The summed E-state index contributed by atoms with van der Waals surface area (Å²) in [5, 5.41) is 5.23. The first-order chi connectivity index (χ1) is 12.0. The van der Waals surface area contributed by atoms with Crippen molar-refractivity contribution < 1.29 is 9.53 Å². The summed E-state index contributed by atoms with van der Waals surface area (Å²) in [7, 11) is 0. The van der Waals surface area contributed by atoms with Gasteiger partial charge in [0.05, 0.1) is 0 Å². The molecule has 0 aromatic heterocycles. The third kappa shape index (κ3) is 4.00. The summed E-state index contributed by atoms with van der Waals surface area (Å²) in [6.45, 7) is 5.99. The highest BCUT2D eigenvalue weighted by Gasteiger charge is 2.17. The predicted molar refractivity (Wildman–Crippen MR) is 103 cm³/mol. The maximum atomic E-state index is 12.5. The molecule has 1 N–H and O–H groups in total. The second-order valence-corrected chi connectivity index (χ2v) is 6.50. The molecule has 25 heavy (non-hydrogen) atoms. The van der Waals surface area contributed by atoms with Gasteiger partial charge in [-0.1, -0.05) is 62.4 Å². The molecule has 0 saturated carbocycles. The van der Waals surface area contributed by atoms with E-state index in [1.165, 1.54) is 0 Å². The molecular formula is C22H23NO2. The van der Waals surface area contributed by atoms with Gasteiger partial charge in [-0.2, -0.15) is 0 Å². The Labute approximate surface area is 148 Å². The lowest BCUT2D eigenvalue weighted by atomic mass is 10.0. The van der Waals surface area contributed by atoms with Crippen molar-refractivity contribution in [3.63, 3.8) is 0 Å². The maximum Gasteiger partial charge on any atom is 0.265 e. The molecule has 3 heteroatoms. The van der Waals surface area contributed by atoms with Crippen LogP contribution in [0.5, 0.6) is 5.75 Å². The van der Waals surface area contributed by atoms with Gasteiger partial charge in [-0.15, -0.1) is 0 Å². The van der Waals surface area contributed by atoms with Crippen LogP contribution in [0, 0.1) is 0 Å². The molecule has 3 aromatic rings. The van der Waals surface area contributed by atoms with E-state index in [1.807, 2.05) is 60.7 Å². The van der Waals surface area contributed by atoms with Crippen LogP contribution in [0.1, 0.15) is 32.3 Å². The van der Waals surface area contributed by atoms with Crippen LogP contribution < -0.4 is 10.1 Å². The summed E-state index contributed by atoms with van der Waals surface area (Å²) < 4.78 is 5.84. The molecule has 0 bridgehead atoms. The molecule has 128 valence electrons. The number of carbonyl (C=O) groups is 1. The minimum absolute atomic E-state index is 0.152. The number of para-hydroxylation sites is 1. The Morgan fingerprint density at radius 3 is 2.32 bits per heavy atom. The number of carbonyl (C=O) groups excluding carboxylic acids is 1. The molecule has 3 aromatic carbocycles. The van der Waals surface area contributed by atoms with E-state index < -0.39 is 6.10 Å². The Kier molecular flexibility index (Phi) is 5.03. The second-order valence-electron chi connectivity index (χ2n) is 6.50. The summed E-state index contributed by atoms with van der Waals surface area (Å²) >= 11 is 0. The van der Waals surface area contributed by atoms with Gasteiger partial charge in [0.2, 0.25) is 0 Å². The van der Waals surface area contributed by atoms with Crippen molar-refractivity contribution in [2.45, 2.75) is 32.8 Å². The number of benzene rings is 3. The molecule has 0 aliphatic rings. The van der Waals surface area contributed by atoms with Gasteiger partial charge in [-0.05, 0) is 47.4 Å². The average molecular weight is 333 g/mol. The van der Waals surface area contributed by atoms with E-state index in [4.69, 9.17) is 4.74 Å². The van der Waals surface area contributed by atoms with Crippen molar-refractivity contribution in [3.8, 4) is 5.75 Å². The fourth-order valence-corrected chi connectivity index (χ4v) is 2.85. The first kappa shape index (κ1) is 17.0. The fraction of sp³-hybridized carbons (Fsp3) is 0.227. The topological polar surface area (TPSA) is 38.3 Å². The number of hydrogen-bond acceptors (Lipinski definition) is 2. The molecule has 0 spiro atoms. The second kappa shape index (κ2) is 7.39. The number of nitrogens with one attached hydrogen (secondary N) is 1. The molecule has 1 atom stereocenters. The van der Waals surface area contributed by atoms with E-state index >= 15 is 0 Å². The molecule has 1 amide bonds. The Balaban J connectivity index is 1.72. The first-order valence-electron chi connectivity index (χ1n) is 8.60. The minimum atomic E-state index is -0.582. The van der Waals surface area contributed by atoms with Crippen LogP contribution in [0.3, 0.4) is 0 Å². The van der Waals surface area contributed by atoms with Crippen molar-refractivity contribution in [1.29, 1.82) is 0 Å². The van der Waals surface area contributed by atoms with E-state index in [1.54, 1.807) is 6.92 Å². The van der Waals surface area contributed by atoms with Crippen LogP contribution in [0.2, 0.25) is 0 Å². The number of rotatable bonds is 5. The Hall–Kier alpha value is -2.81. The molecule has 0 fully saturated rings. The highest BCUT2D eigenvalue weighted by atomic mass is 16.5. The van der Waals surface area contributed by atoms with Crippen molar-refractivity contribution in [2.75, 3.05) is 5.32 Å². The van der Waals surface area contributed by atoms with Gasteiger partial charge in [0.15, 0.2) is 6.10 Å². The third-order valence-electron chi connectivity index (χ3n) is 4.24. The minimum Gasteiger partial charge on any atom is -0.481 e. The molecule has 0 heterocycles. The van der Waals surface area contributed by atoms with Crippen LogP contribution in [-0.2, 0) is 4.79 Å². The Morgan fingerprint density at radius 2 is 1.56 bits per heavy atom. The zero-order valence-corrected chi connectivity index (χ0v) is 14.8. The smallest absolute Gasteiger partial charge is 0.265 e. The highest BCUT2D eigenvalue weighted by molar-refractivity contribution is 5.95. The summed E-state index contributed by atoms with van der Waals surface area (Å²) in [6, 6.07) is 21.8. The van der Waals surface area contributed by atoms with Gasteiger partial charge in [0.1, 0.15) is 5.75 Å². The van der Waals surface area contributed by atoms with Crippen molar-refractivity contribution in [3.05, 3.63) is 72.3 Å². The molecule has 0 radical (unpaired) electrons. The van der Waals surface area contributed by atoms with Crippen LogP contribution in [0.15, 0.2) is 66.7 Å². The van der Waals surface area contributed by atoms with E-state index in [0.29, 0.717) is 11.7 Å². The highest BCUT2D eigenvalue weighted by Crippen LogP contribution is 2.25. The lowest BCUT2D eigenvalue weighted by Crippen LogP contribution is -2.30. The molecule has 0 saturated heterocycles. The van der Waals surface area contributed by atoms with Gasteiger partial charge >= 0.3 is 0 Å². The Bertz CT molecular complexity index is 886. The van der Waals surface area contributed by atoms with Crippen LogP contribution in [0.25, 0.3) is 10.8 Å². The number of ether oxygens (including phenoxy) is 1. The van der Waals surface area contributed by atoms with E-state index in [9.17, 15) is 4.79 Å². The number of amides is 1. The van der Waals surface area contributed by atoms with E-state index in [-0.39, 0.29) is 5.91 Å². The van der Waals surface area contributed by atoms with Crippen molar-refractivity contribution >= 4 is 22.4 Å². The summed E-state index contributed by atoms with van der Waals surface area (Å²) in [6.07, 6.45) is -0.582. The lowest BCUT2D eigenvalue weighted by Gasteiger charge is -2.18. The fourth-order valence-electron chi connectivity index (χ4n) is 2.85. The molecule has 1 unspecified atom stereocenters. The van der Waals surface area contributed by atoms with Crippen molar-refractivity contribution in [2.24, 2.45) is 0 Å². The van der Waals surface area contributed by atoms with Gasteiger partial charge < -0.3 is 10.1 Å². The van der Waals surface area contributed by atoms with Gasteiger partial charge in [0, 0.05) is 5.69 Å². The van der Waals surface area contributed by atoms with E-state index in [0.717, 1.165) is 22.0 Å². The first-order valence-corrected chi connectivity index (χ1v) is 8.60. The van der Waals surface area contributed by atoms with Gasteiger partial charge in [-0.25, -0.2) is 0 Å². The third-order valence-corrected chi connectivity index (χ3v) is 4.24. The quantitative estimate of drug-likeness (QED) is 0.682. The van der Waals surface area contributed by atoms with Gasteiger partial charge in [-0.3, -0.25) is 4.79 Å². The molecular weight excluding hydrogens is 310 g/mol. The molecule has 3 rings (SSSR count). The Morgan fingerprint density at radius 1 is 0.880 bits per heavy atom. The number of anilines is 1. The SMILES string of the molecule is CC(Oc1ccc2ccccc2c1)C(=O)Nc1ccccc1C(C)C. The maximum absolute atomic E-state index is 12.5. The summed E-state index contributed by atoms with van der Waals surface area (Å²) in [4.78, 5) is 12.5. The normalized spacial score (nSPS) is 12.2. The predicted octanol–water partition coefficient (Wildman–Crippen LogP) is 5.37.